The van der Waals surface area contributed by atoms with Crippen LogP contribution in [-0.2, 0) is 14.3 Å². The number of hydrogen-bond acceptors (Lipinski definition) is 3. The molecule has 0 aliphatic carbocycles. The largest absolute Gasteiger partial charge is 0.481 e. The van der Waals surface area contributed by atoms with Crippen LogP contribution in [0, 0.1) is 5.41 Å². The molecule has 0 aliphatic heterocycles. The summed E-state index contributed by atoms with van der Waals surface area (Å²) in [6, 6.07) is 0. The van der Waals surface area contributed by atoms with Crippen LogP contribution in [0.4, 0.5) is 0 Å². The SMILES string of the molecule is CC(C)(C)CC(C)(C)OC(C)(C)COC(C)(C)CC(=O)O. The Morgan fingerprint density at radius 2 is 1.33 bits per heavy atom. The molecule has 0 atom stereocenters. The van der Waals surface area contributed by atoms with Crippen LogP contribution in [0.3, 0.4) is 0 Å². The number of carbonyl (C=O) groups is 1. The van der Waals surface area contributed by atoms with Crippen molar-refractivity contribution in [1.29, 1.82) is 0 Å². The lowest BCUT2D eigenvalue weighted by atomic mass is 9.83. The second-order valence-electron chi connectivity index (χ2n) is 8.98. The normalized spacial score (nSPS) is 14.3. The van der Waals surface area contributed by atoms with Gasteiger partial charge in [-0.1, -0.05) is 20.8 Å². The molecule has 0 radical (unpaired) electrons. The van der Waals surface area contributed by atoms with Crippen LogP contribution in [0.2, 0.25) is 0 Å². The molecule has 0 aromatic rings. The molecule has 0 amide bonds. The lowest BCUT2D eigenvalue weighted by Gasteiger charge is -2.40. The van der Waals surface area contributed by atoms with Gasteiger partial charge in [-0.25, -0.2) is 0 Å². The monoisotopic (exact) mass is 302 g/mol. The Bertz CT molecular complexity index is 348. The molecule has 21 heavy (non-hydrogen) atoms. The second-order valence-corrected chi connectivity index (χ2v) is 8.98. The van der Waals surface area contributed by atoms with Crippen molar-refractivity contribution < 1.29 is 19.4 Å². The van der Waals surface area contributed by atoms with Gasteiger partial charge in [0.05, 0.1) is 29.8 Å². The predicted octanol–water partition coefficient (Wildman–Crippen LogP) is 4.27. The molecule has 0 bridgehead atoms. The van der Waals surface area contributed by atoms with Crippen molar-refractivity contribution in [3.8, 4) is 0 Å². The van der Waals surface area contributed by atoms with Gasteiger partial charge in [-0.2, -0.15) is 0 Å². The topological polar surface area (TPSA) is 55.8 Å². The summed E-state index contributed by atoms with van der Waals surface area (Å²) >= 11 is 0. The number of aliphatic carboxylic acids is 1. The molecule has 0 saturated heterocycles. The summed E-state index contributed by atoms with van der Waals surface area (Å²) in [6.07, 6.45) is 0.913. The van der Waals surface area contributed by atoms with E-state index >= 15 is 0 Å². The van der Waals surface area contributed by atoms with E-state index in [2.05, 4.69) is 34.6 Å². The standard InChI is InChI=1S/C17H34O4/c1-14(2,3)11-16(6,7)21-17(8,9)12-20-15(4,5)10-13(18)19/h10-12H2,1-9H3,(H,18,19). The molecule has 0 heterocycles. The van der Waals surface area contributed by atoms with Crippen molar-refractivity contribution in [2.75, 3.05) is 6.61 Å². The lowest BCUT2D eigenvalue weighted by Crippen LogP contribution is -2.44. The molecular formula is C17H34O4. The van der Waals surface area contributed by atoms with Crippen LogP contribution in [0.5, 0.6) is 0 Å². The Kier molecular flexibility index (Phi) is 6.46. The van der Waals surface area contributed by atoms with Gasteiger partial charge in [0, 0.05) is 0 Å². The van der Waals surface area contributed by atoms with E-state index in [-0.39, 0.29) is 17.4 Å². The molecule has 0 unspecified atom stereocenters. The fourth-order valence-corrected chi connectivity index (χ4v) is 2.88. The minimum atomic E-state index is -0.855. The van der Waals surface area contributed by atoms with Gasteiger partial charge in [0.15, 0.2) is 0 Å². The summed E-state index contributed by atoms with van der Waals surface area (Å²) in [7, 11) is 0. The first-order valence-corrected chi connectivity index (χ1v) is 7.60. The van der Waals surface area contributed by atoms with Gasteiger partial charge >= 0.3 is 5.97 Å². The van der Waals surface area contributed by atoms with Crippen molar-refractivity contribution >= 4 is 5.97 Å². The Morgan fingerprint density at radius 3 is 1.71 bits per heavy atom. The molecule has 0 fully saturated rings. The highest BCUT2D eigenvalue weighted by Gasteiger charge is 2.34. The number of rotatable bonds is 8. The van der Waals surface area contributed by atoms with E-state index in [9.17, 15) is 4.79 Å². The molecule has 126 valence electrons. The van der Waals surface area contributed by atoms with Gasteiger partial charge in [-0.3, -0.25) is 4.79 Å². The van der Waals surface area contributed by atoms with Crippen LogP contribution in [0.1, 0.15) is 75.2 Å². The molecule has 1 N–H and O–H groups in total. The van der Waals surface area contributed by atoms with Gasteiger partial charge in [0.25, 0.3) is 0 Å². The second kappa shape index (κ2) is 6.66. The van der Waals surface area contributed by atoms with E-state index < -0.39 is 17.2 Å². The smallest absolute Gasteiger partial charge is 0.306 e. The zero-order valence-electron chi connectivity index (χ0n) is 15.3. The summed E-state index contributed by atoms with van der Waals surface area (Å²) < 4.78 is 12.0. The molecule has 0 aromatic carbocycles. The first kappa shape index (κ1) is 20.4. The Labute approximate surface area is 130 Å². The number of hydrogen-bond donors (Lipinski definition) is 1. The highest BCUT2D eigenvalue weighted by Crippen LogP contribution is 2.33. The van der Waals surface area contributed by atoms with Crippen molar-refractivity contribution in [2.45, 2.75) is 92.0 Å². The third-order valence-corrected chi connectivity index (χ3v) is 2.90. The van der Waals surface area contributed by atoms with E-state index in [1.54, 1.807) is 13.8 Å². The molecule has 0 rings (SSSR count). The van der Waals surface area contributed by atoms with E-state index in [1.807, 2.05) is 13.8 Å². The van der Waals surface area contributed by atoms with E-state index in [0.717, 1.165) is 6.42 Å². The summed E-state index contributed by atoms with van der Waals surface area (Å²) in [5, 5.41) is 8.88. The first-order valence-electron chi connectivity index (χ1n) is 7.60. The van der Waals surface area contributed by atoms with Crippen molar-refractivity contribution in [1.82, 2.24) is 0 Å². The predicted molar refractivity (Wildman–Crippen MR) is 85.6 cm³/mol. The first-order chi connectivity index (χ1) is 9.04. The third-order valence-electron chi connectivity index (χ3n) is 2.90. The van der Waals surface area contributed by atoms with Crippen molar-refractivity contribution in [3.05, 3.63) is 0 Å². The summed E-state index contributed by atoms with van der Waals surface area (Å²) in [5.74, 6) is -0.855. The fraction of sp³-hybridized carbons (Fsp3) is 0.941. The molecule has 0 saturated carbocycles. The Hall–Kier alpha value is -0.610. The van der Waals surface area contributed by atoms with Gasteiger partial charge < -0.3 is 14.6 Å². The van der Waals surface area contributed by atoms with E-state index in [0.29, 0.717) is 6.61 Å². The van der Waals surface area contributed by atoms with E-state index in [4.69, 9.17) is 14.6 Å². The van der Waals surface area contributed by atoms with Crippen LogP contribution >= 0.6 is 0 Å². The summed E-state index contributed by atoms with van der Waals surface area (Å²) in [5.41, 5.74) is -1.24. The zero-order chi connectivity index (χ0) is 17.1. The molecule has 4 heteroatoms. The van der Waals surface area contributed by atoms with Gasteiger partial charge in [-0.05, 0) is 53.4 Å². The average Bonchev–Trinajstić information content (AvgIpc) is 2.06. The van der Waals surface area contributed by atoms with Crippen molar-refractivity contribution in [2.24, 2.45) is 5.41 Å². The maximum Gasteiger partial charge on any atom is 0.306 e. The number of carboxylic acid groups (broad SMARTS) is 1. The maximum atomic E-state index is 10.8. The highest BCUT2D eigenvalue weighted by molar-refractivity contribution is 5.67. The van der Waals surface area contributed by atoms with Crippen LogP contribution in [0.15, 0.2) is 0 Å². The number of carboxylic acids is 1. The van der Waals surface area contributed by atoms with Gasteiger partial charge in [-0.15, -0.1) is 0 Å². The molecule has 4 nitrogen and oxygen atoms in total. The zero-order valence-corrected chi connectivity index (χ0v) is 15.3. The van der Waals surface area contributed by atoms with Crippen LogP contribution < -0.4 is 0 Å². The minimum Gasteiger partial charge on any atom is -0.481 e. The van der Waals surface area contributed by atoms with Gasteiger partial charge in [0.1, 0.15) is 0 Å². The molecular weight excluding hydrogens is 268 g/mol. The van der Waals surface area contributed by atoms with Gasteiger partial charge in [0.2, 0.25) is 0 Å². The molecule has 0 spiro atoms. The number of ether oxygens (including phenoxy) is 2. The maximum absolute atomic E-state index is 10.8. The fourth-order valence-electron chi connectivity index (χ4n) is 2.88. The molecule has 0 aliphatic rings. The quantitative estimate of drug-likeness (QED) is 0.727. The third kappa shape index (κ3) is 10.7. The Balaban J connectivity index is 4.59. The van der Waals surface area contributed by atoms with E-state index in [1.165, 1.54) is 0 Å². The van der Waals surface area contributed by atoms with Crippen LogP contribution in [-0.4, -0.2) is 34.5 Å². The molecule has 0 aromatic heterocycles. The minimum absolute atomic E-state index is 0.0194. The Morgan fingerprint density at radius 1 is 0.857 bits per heavy atom. The average molecular weight is 302 g/mol. The van der Waals surface area contributed by atoms with Crippen molar-refractivity contribution in [3.63, 3.8) is 0 Å². The lowest BCUT2D eigenvalue weighted by molar-refractivity contribution is -0.184. The summed E-state index contributed by atoms with van der Waals surface area (Å²) in [4.78, 5) is 10.8. The highest BCUT2D eigenvalue weighted by atomic mass is 16.6. The van der Waals surface area contributed by atoms with Crippen LogP contribution in [0.25, 0.3) is 0 Å². The summed E-state index contributed by atoms with van der Waals surface area (Å²) in [6.45, 7) is 18.6.